The topological polar surface area (TPSA) is 32.3 Å². The first-order valence-electron chi connectivity index (χ1n) is 8.10. The first kappa shape index (κ1) is 15.9. The van der Waals surface area contributed by atoms with Crippen LogP contribution >= 0.6 is 11.6 Å². The van der Waals surface area contributed by atoms with Crippen LogP contribution in [0.15, 0.2) is 48.5 Å². The smallest absolute Gasteiger partial charge is 0.251 e. The molecule has 1 heterocycles. The second-order valence-electron chi connectivity index (χ2n) is 5.88. The van der Waals surface area contributed by atoms with Crippen LogP contribution in [0.25, 0.3) is 0 Å². The number of carbonyl (C=O) groups is 1. The third kappa shape index (κ3) is 4.26. The Morgan fingerprint density at radius 2 is 1.83 bits per heavy atom. The molecule has 0 aromatic heterocycles. The van der Waals surface area contributed by atoms with Crippen molar-refractivity contribution in [3.8, 4) is 0 Å². The van der Waals surface area contributed by atoms with E-state index in [-0.39, 0.29) is 5.91 Å². The highest BCUT2D eigenvalue weighted by atomic mass is 35.5. The van der Waals surface area contributed by atoms with Crippen LogP contribution < -0.4 is 10.2 Å². The second-order valence-corrected chi connectivity index (χ2v) is 6.31. The standard InChI is InChI=1S/C19H21ClN2O/c20-17-5-3-4-15(14-17)10-11-21-19(23)16-6-8-18(9-7-16)22-12-1-2-13-22/h3-9,14H,1-2,10-13H2,(H,21,23). The number of rotatable bonds is 5. The van der Waals surface area contributed by atoms with Gasteiger partial charge in [-0.1, -0.05) is 23.7 Å². The van der Waals surface area contributed by atoms with Gasteiger partial charge in [0.05, 0.1) is 0 Å². The maximum absolute atomic E-state index is 12.2. The van der Waals surface area contributed by atoms with Gasteiger partial charge in [0.2, 0.25) is 0 Å². The van der Waals surface area contributed by atoms with Crippen molar-refractivity contribution in [2.24, 2.45) is 0 Å². The monoisotopic (exact) mass is 328 g/mol. The van der Waals surface area contributed by atoms with Crippen LogP contribution in [0.1, 0.15) is 28.8 Å². The normalized spacial score (nSPS) is 14.0. The number of halogens is 1. The molecule has 0 atom stereocenters. The number of nitrogens with one attached hydrogen (secondary N) is 1. The van der Waals surface area contributed by atoms with Crippen molar-refractivity contribution in [2.45, 2.75) is 19.3 Å². The van der Waals surface area contributed by atoms with Gasteiger partial charge < -0.3 is 10.2 Å². The summed E-state index contributed by atoms with van der Waals surface area (Å²) < 4.78 is 0. The van der Waals surface area contributed by atoms with Gasteiger partial charge >= 0.3 is 0 Å². The lowest BCUT2D eigenvalue weighted by Gasteiger charge is -2.17. The van der Waals surface area contributed by atoms with Crippen LogP contribution in [0, 0.1) is 0 Å². The molecule has 0 spiro atoms. The van der Waals surface area contributed by atoms with Crippen LogP contribution in [0.2, 0.25) is 5.02 Å². The number of hydrogen-bond acceptors (Lipinski definition) is 2. The molecule has 1 aliphatic rings. The number of benzene rings is 2. The fourth-order valence-electron chi connectivity index (χ4n) is 2.91. The van der Waals surface area contributed by atoms with Crippen molar-refractivity contribution < 1.29 is 4.79 Å². The Bertz CT molecular complexity index is 663. The largest absolute Gasteiger partial charge is 0.372 e. The van der Waals surface area contributed by atoms with Crippen molar-refractivity contribution in [3.05, 3.63) is 64.7 Å². The number of amides is 1. The van der Waals surface area contributed by atoms with Crippen LogP contribution in [0.3, 0.4) is 0 Å². The molecule has 1 amide bonds. The summed E-state index contributed by atoms with van der Waals surface area (Å²) in [6.07, 6.45) is 3.29. The molecule has 1 aliphatic heterocycles. The van der Waals surface area contributed by atoms with E-state index in [2.05, 4.69) is 10.2 Å². The summed E-state index contributed by atoms with van der Waals surface area (Å²) in [6, 6.07) is 15.6. The van der Waals surface area contributed by atoms with Gasteiger partial charge in [0.1, 0.15) is 0 Å². The van der Waals surface area contributed by atoms with Gasteiger partial charge in [-0.05, 0) is 61.2 Å². The minimum absolute atomic E-state index is 0.0278. The van der Waals surface area contributed by atoms with Gasteiger partial charge in [0.15, 0.2) is 0 Å². The molecule has 0 unspecified atom stereocenters. The van der Waals surface area contributed by atoms with E-state index in [1.165, 1.54) is 18.5 Å². The van der Waals surface area contributed by atoms with E-state index in [9.17, 15) is 4.79 Å². The quantitative estimate of drug-likeness (QED) is 0.902. The van der Waals surface area contributed by atoms with E-state index in [1.54, 1.807) is 0 Å². The van der Waals surface area contributed by atoms with E-state index in [0.29, 0.717) is 12.1 Å². The highest BCUT2D eigenvalue weighted by Crippen LogP contribution is 2.20. The summed E-state index contributed by atoms with van der Waals surface area (Å²) in [5, 5.41) is 3.69. The Hall–Kier alpha value is -2.00. The summed E-state index contributed by atoms with van der Waals surface area (Å²) >= 11 is 5.96. The van der Waals surface area contributed by atoms with Gasteiger partial charge in [0, 0.05) is 35.9 Å². The number of hydrogen-bond donors (Lipinski definition) is 1. The Balaban J connectivity index is 1.51. The molecule has 23 heavy (non-hydrogen) atoms. The van der Waals surface area contributed by atoms with Crippen molar-refractivity contribution in [2.75, 3.05) is 24.5 Å². The van der Waals surface area contributed by atoms with Gasteiger partial charge in [0.25, 0.3) is 5.91 Å². The average Bonchev–Trinajstić information content (AvgIpc) is 3.09. The van der Waals surface area contributed by atoms with Crippen molar-refractivity contribution in [1.29, 1.82) is 0 Å². The van der Waals surface area contributed by atoms with Gasteiger partial charge in [-0.25, -0.2) is 0 Å². The predicted molar refractivity (Wildman–Crippen MR) is 95.4 cm³/mol. The molecule has 0 aliphatic carbocycles. The zero-order chi connectivity index (χ0) is 16.1. The molecule has 1 N–H and O–H groups in total. The molecule has 1 saturated heterocycles. The Labute approximate surface area is 142 Å². The molecular weight excluding hydrogens is 308 g/mol. The molecule has 1 fully saturated rings. The van der Waals surface area contributed by atoms with Crippen molar-refractivity contribution in [1.82, 2.24) is 5.32 Å². The lowest BCUT2D eigenvalue weighted by Crippen LogP contribution is -2.25. The number of carbonyl (C=O) groups excluding carboxylic acids is 1. The fourth-order valence-corrected chi connectivity index (χ4v) is 3.13. The Morgan fingerprint density at radius 3 is 2.52 bits per heavy atom. The van der Waals surface area contributed by atoms with Crippen molar-refractivity contribution >= 4 is 23.2 Å². The van der Waals surface area contributed by atoms with E-state index >= 15 is 0 Å². The van der Waals surface area contributed by atoms with Crippen LogP contribution in [0.4, 0.5) is 5.69 Å². The average molecular weight is 329 g/mol. The molecule has 2 aromatic carbocycles. The molecule has 0 bridgehead atoms. The maximum Gasteiger partial charge on any atom is 0.251 e. The van der Waals surface area contributed by atoms with Crippen LogP contribution in [0.5, 0.6) is 0 Å². The molecule has 0 saturated carbocycles. The summed E-state index contributed by atoms with van der Waals surface area (Å²) in [7, 11) is 0. The third-order valence-electron chi connectivity index (χ3n) is 4.19. The molecule has 0 radical (unpaired) electrons. The predicted octanol–water partition coefficient (Wildman–Crippen LogP) is 3.91. The molecule has 120 valence electrons. The van der Waals surface area contributed by atoms with Crippen LogP contribution in [-0.4, -0.2) is 25.5 Å². The number of nitrogens with zero attached hydrogens (tertiary/aromatic N) is 1. The van der Waals surface area contributed by atoms with E-state index in [0.717, 1.165) is 30.1 Å². The summed E-state index contributed by atoms with van der Waals surface area (Å²) in [5.41, 5.74) is 3.04. The minimum Gasteiger partial charge on any atom is -0.372 e. The minimum atomic E-state index is -0.0278. The lowest BCUT2D eigenvalue weighted by atomic mass is 10.1. The zero-order valence-corrected chi connectivity index (χ0v) is 13.9. The first-order valence-corrected chi connectivity index (χ1v) is 8.48. The summed E-state index contributed by atoms with van der Waals surface area (Å²) in [4.78, 5) is 14.5. The van der Waals surface area contributed by atoms with E-state index < -0.39 is 0 Å². The van der Waals surface area contributed by atoms with Gasteiger partial charge in [-0.3, -0.25) is 4.79 Å². The van der Waals surface area contributed by atoms with E-state index in [4.69, 9.17) is 11.6 Å². The highest BCUT2D eigenvalue weighted by molar-refractivity contribution is 6.30. The molecule has 4 heteroatoms. The number of anilines is 1. The SMILES string of the molecule is O=C(NCCc1cccc(Cl)c1)c1ccc(N2CCCC2)cc1. The first-order chi connectivity index (χ1) is 11.2. The Kier molecular flexibility index (Phi) is 5.19. The molecule has 2 aromatic rings. The van der Waals surface area contributed by atoms with Gasteiger partial charge in [-0.2, -0.15) is 0 Å². The third-order valence-corrected chi connectivity index (χ3v) is 4.42. The zero-order valence-electron chi connectivity index (χ0n) is 13.1. The van der Waals surface area contributed by atoms with Crippen LogP contribution in [-0.2, 0) is 6.42 Å². The second kappa shape index (κ2) is 7.51. The summed E-state index contributed by atoms with van der Waals surface area (Å²) in [6.45, 7) is 2.84. The lowest BCUT2D eigenvalue weighted by molar-refractivity contribution is 0.0954. The Morgan fingerprint density at radius 1 is 1.09 bits per heavy atom. The molecule has 3 nitrogen and oxygen atoms in total. The summed E-state index contributed by atoms with van der Waals surface area (Å²) in [5.74, 6) is -0.0278. The maximum atomic E-state index is 12.2. The highest BCUT2D eigenvalue weighted by Gasteiger charge is 2.12. The molecular formula is C19H21ClN2O. The molecule has 3 rings (SSSR count). The van der Waals surface area contributed by atoms with Gasteiger partial charge in [-0.15, -0.1) is 0 Å². The van der Waals surface area contributed by atoms with E-state index in [1.807, 2.05) is 48.5 Å². The van der Waals surface area contributed by atoms with Crippen molar-refractivity contribution in [3.63, 3.8) is 0 Å². The fraction of sp³-hybridized carbons (Fsp3) is 0.316.